The van der Waals surface area contributed by atoms with Crippen LogP contribution in [-0.2, 0) is 17.8 Å². The maximum absolute atomic E-state index is 5.46. The zero-order valence-corrected chi connectivity index (χ0v) is 8.36. The molecule has 1 aromatic heterocycles. The molecule has 1 N–H and O–H groups in total. The number of nitrogens with one attached hydrogen (secondary N) is 1. The maximum atomic E-state index is 5.46. The molecule has 1 aliphatic heterocycles. The number of benzene rings is 1. The van der Waals surface area contributed by atoms with Gasteiger partial charge in [0.05, 0.1) is 18.9 Å². The van der Waals surface area contributed by atoms with Crippen molar-refractivity contribution >= 4 is 0 Å². The van der Waals surface area contributed by atoms with Crippen LogP contribution < -0.4 is 0 Å². The van der Waals surface area contributed by atoms with Crippen molar-refractivity contribution in [3.8, 4) is 11.3 Å². The smallest absolute Gasteiger partial charge is 0.0978 e. The van der Waals surface area contributed by atoms with Gasteiger partial charge in [0.1, 0.15) is 0 Å². The van der Waals surface area contributed by atoms with Crippen molar-refractivity contribution < 1.29 is 4.74 Å². The highest BCUT2D eigenvalue weighted by atomic mass is 16.5. The summed E-state index contributed by atoms with van der Waals surface area (Å²) in [4.78, 5) is 0. The minimum absolute atomic E-state index is 0.677. The molecule has 0 aliphatic carbocycles. The van der Waals surface area contributed by atoms with Gasteiger partial charge in [-0.3, -0.25) is 5.10 Å². The SMILES string of the molecule is c1ccc(-c2n[nH]c3c2COCC3)cc1. The molecule has 0 saturated heterocycles. The topological polar surface area (TPSA) is 37.9 Å². The Morgan fingerprint density at radius 3 is 2.93 bits per heavy atom. The molecule has 0 radical (unpaired) electrons. The van der Waals surface area contributed by atoms with E-state index in [2.05, 4.69) is 22.3 Å². The van der Waals surface area contributed by atoms with Crippen LogP contribution in [0.1, 0.15) is 11.3 Å². The largest absolute Gasteiger partial charge is 0.376 e. The Labute approximate surface area is 88.1 Å². The fraction of sp³-hybridized carbons (Fsp3) is 0.250. The number of nitrogens with zero attached hydrogens (tertiary/aromatic N) is 1. The standard InChI is InChI=1S/C12H12N2O/c1-2-4-9(5-3-1)12-10-8-15-7-6-11(10)13-14-12/h1-5H,6-8H2,(H,13,14). The summed E-state index contributed by atoms with van der Waals surface area (Å²) in [6, 6.07) is 10.2. The average molecular weight is 200 g/mol. The van der Waals surface area contributed by atoms with Crippen molar-refractivity contribution in [1.29, 1.82) is 0 Å². The molecule has 0 amide bonds. The van der Waals surface area contributed by atoms with Gasteiger partial charge in [-0.1, -0.05) is 30.3 Å². The van der Waals surface area contributed by atoms with E-state index in [1.54, 1.807) is 0 Å². The van der Waals surface area contributed by atoms with Crippen molar-refractivity contribution in [1.82, 2.24) is 10.2 Å². The van der Waals surface area contributed by atoms with Crippen molar-refractivity contribution in [3.05, 3.63) is 41.6 Å². The summed E-state index contributed by atoms with van der Waals surface area (Å²) < 4.78 is 5.46. The third-order valence-corrected chi connectivity index (χ3v) is 2.74. The normalized spacial score (nSPS) is 14.9. The van der Waals surface area contributed by atoms with Crippen LogP contribution in [0, 0.1) is 0 Å². The first kappa shape index (κ1) is 8.68. The van der Waals surface area contributed by atoms with Crippen LogP contribution in [0.3, 0.4) is 0 Å². The summed E-state index contributed by atoms with van der Waals surface area (Å²) in [6.07, 6.45) is 0.940. The Balaban J connectivity index is 2.09. The van der Waals surface area contributed by atoms with Gasteiger partial charge in [-0.2, -0.15) is 5.10 Å². The van der Waals surface area contributed by atoms with Gasteiger partial charge in [-0.05, 0) is 0 Å². The second-order valence-electron chi connectivity index (χ2n) is 3.70. The molecule has 3 rings (SSSR count). The van der Waals surface area contributed by atoms with E-state index in [4.69, 9.17) is 4.74 Å². The van der Waals surface area contributed by atoms with Crippen LogP contribution in [-0.4, -0.2) is 16.8 Å². The molecule has 3 heteroatoms. The van der Waals surface area contributed by atoms with Crippen LogP contribution in [0.4, 0.5) is 0 Å². The number of hydrogen-bond acceptors (Lipinski definition) is 2. The lowest BCUT2D eigenvalue weighted by Gasteiger charge is -2.12. The van der Waals surface area contributed by atoms with E-state index in [-0.39, 0.29) is 0 Å². The van der Waals surface area contributed by atoms with Gasteiger partial charge in [-0.15, -0.1) is 0 Å². The van der Waals surface area contributed by atoms with Crippen LogP contribution in [0.15, 0.2) is 30.3 Å². The summed E-state index contributed by atoms with van der Waals surface area (Å²) in [5, 5.41) is 7.46. The summed E-state index contributed by atoms with van der Waals surface area (Å²) in [5.41, 5.74) is 4.62. The lowest BCUT2D eigenvalue weighted by molar-refractivity contribution is 0.110. The summed E-state index contributed by atoms with van der Waals surface area (Å²) in [6.45, 7) is 1.47. The second-order valence-corrected chi connectivity index (χ2v) is 3.70. The predicted molar refractivity (Wildman–Crippen MR) is 57.4 cm³/mol. The fourth-order valence-electron chi connectivity index (χ4n) is 1.95. The summed E-state index contributed by atoms with van der Waals surface area (Å²) in [7, 11) is 0. The Kier molecular flexibility index (Phi) is 2.03. The molecular weight excluding hydrogens is 188 g/mol. The van der Waals surface area contributed by atoms with E-state index < -0.39 is 0 Å². The first-order chi connectivity index (χ1) is 7.45. The molecule has 0 unspecified atom stereocenters. The fourth-order valence-corrected chi connectivity index (χ4v) is 1.95. The molecule has 3 nitrogen and oxygen atoms in total. The van der Waals surface area contributed by atoms with Crippen LogP contribution in [0.25, 0.3) is 11.3 Å². The molecule has 0 spiro atoms. The second kappa shape index (κ2) is 3.51. The number of rotatable bonds is 1. The third kappa shape index (κ3) is 1.45. The molecule has 1 aliphatic rings. The number of hydrogen-bond donors (Lipinski definition) is 1. The van der Waals surface area contributed by atoms with Gasteiger partial charge >= 0.3 is 0 Å². The number of fused-ring (bicyclic) bond motifs is 1. The Morgan fingerprint density at radius 1 is 1.20 bits per heavy atom. The van der Waals surface area contributed by atoms with E-state index >= 15 is 0 Å². The van der Waals surface area contributed by atoms with Gasteiger partial charge in [0.2, 0.25) is 0 Å². The highest BCUT2D eigenvalue weighted by Crippen LogP contribution is 2.26. The van der Waals surface area contributed by atoms with Gasteiger partial charge in [-0.25, -0.2) is 0 Å². The Bertz CT molecular complexity index is 462. The third-order valence-electron chi connectivity index (χ3n) is 2.74. The van der Waals surface area contributed by atoms with Crippen molar-refractivity contribution in [2.45, 2.75) is 13.0 Å². The van der Waals surface area contributed by atoms with E-state index in [9.17, 15) is 0 Å². The average Bonchev–Trinajstić information content (AvgIpc) is 2.74. The first-order valence-electron chi connectivity index (χ1n) is 5.14. The minimum atomic E-state index is 0.677. The highest BCUT2D eigenvalue weighted by molar-refractivity contribution is 5.63. The lowest BCUT2D eigenvalue weighted by atomic mass is 10.0. The number of ether oxygens (including phenoxy) is 1. The number of H-pyrrole nitrogens is 1. The molecular formula is C12H12N2O. The molecule has 0 bridgehead atoms. The van der Waals surface area contributed by atoms with Gasteiger partial charge in [0.25, 0.3) is 0 Å². The van der Waals surface area contributed by atoms with Gasteiger partial charge < -0.3 is 4.74 Å². The van der Waals surface area contributed by atoms with Crippen molar-refractivity contribution in [2.75, 3.05) is 6.61 Å². The molecule has 0 atom stereocenters. The minimum Gasteiger partial charge on any atom is -0.376 e. The first-order valence-corrected chi connectivity index (χ1v) is 5.14. The van der Waals surface area contributed by atoms with Crippen molar-refractivity contribution in [2.24, 2.45) is 0 Å². The predicted octanol–water partition coefficient (Wildman–Crippen LogP) is 2.15. The molecule has 76 valence electrons. The van der Waals surface area contributed by atoms with E-state index in [1.807, 2.05) is 18.2 Å². The van der Waals surface area contributed by atoms with Crippen molar-refractivity contribution in [3.63, 3.8) is 0 Å². The number of aromatic nitrogens is 2. The molecule has 1 aromatic carbocycles. The highest BCUT2D eigenvalue weighted by Gasteiger charge is 2.17. The van der Waals surface area contributed by atoms with Crippen LogP contribution >= 0.6 is 0 Å². The van der Waals surface area contributed by atoms with Gasteiger partial charge in [0, 0.05) is 23.2 Å². The van der Waals surface area contributed by atoms with E-state index in [0.29, 0.717) is 6.61 Å². The van der Waals surface area contributed by atoms with E-state index in [0.717, 1.165) is 24.3 Å². The van der Waals surface area contributed by atoms with Crippen LogP contribution in [0.2, 0.25) is 0 Å². The molecule has 0 fully saturated rings. The molecule has 15 heavy (non-hydrogen) atoms. The Hall–Kier alpha value is -1.61. The summed E-state index contributed by atoms with van der Waals surface area (Å²) in [5.74, 6) is 0. The van der Waals surface area contributed by atoms with Crippen LogP contribution in [0.5, 0.6) is 0 Å². The summed E-state index contributed by atoms with van der Waals surface area (Å²) >= 11 is 0. The molecule has 2 heterocycles. The molecule has 2 aromatic rings. The van der Waals surface area contributed by atoms with Gasteiger partial charge in [0.15, 0.2) is 0 Å². The monoisotopic (exact) mass is 200 g/mol. The maximum Gasteiger partial charge on any atom is 0.0978 e. The molecule has 0 saturated carbocycles. The zero-order chi connectivity index (χ0) is 10.1. The Morgan fingerprint density at radius 2 is 2.07 bits per heavy atom. The number of aromatic amines is 1. The zero-order valence-electron chi connectivity index (χ0n) is 8.36. The quantitative estimate of drug-likeness (QED) is 0.766. The lowest BCUT2D eigenvalue weighted by Crippen LogP contribution is -2.08. The van der Waals surface area contributed by atoms with E-state index in [1.165, 1.54) is 11.3 Å².